The molecule has 0 bridgehead atoms. The van der Waals surface area contributed by atoms with Crippen LogP contribution in [-0.2, 0) is 24.1 Å². The maximum atomic E-state index is 13.4. The van der Waals surface area contributed by atoms with Gasteiger partial charge in [-0.15, -0.1) is 0 Å². The molecule has 4 rings (SSSR count). The summed E-state index contributed by atoms with van der Waals surface area (Å²) < 4.78 is 0. The van der Waals surface area contributed by atoms with Crippen molar-refractivity contribution < 1.29 is 4.79 Å². The summed E-state index contributed by atoms with van der Waals surface area (Å²) in [4.78, 5) is 15.8. The summed E-state index contributed by atoms with van der Waals surface area (Å²) in [5.41, 5.74) is 3.83. The van der Waals surface area contributed by atoms with Crippen LogP contribution in [0.15, 0.2) is 48.5 Å². The van der Waals surface area contributed by atoms with E-state index in [2.05, 4.69) is 45.9 Å². The van der Waals surface area contributed by atoms with E-state index in [9.17, 15) is 4.79 Å². The van der Waals surface area contributed by atoms with Crippen molar-refractivity contribution in [3.63, 3.8) is 0 Å². The summed E-state index contributed by atoms with van der Waals surface area (Å²) in [6.07, 6.45) is 2.28. The molecule has 1 fully saturated rings. The summed E-state index contributed by atoms with van der Waals surface area (Å²) in [5.74, 6) is 0.127. The van der Waals surface area contributed by atoms with E-state index in [4.69, 9.17) is 5.26 Å². The first kappa shape index (κ1) is 18.7. The second-order valence-electron chi connectivity index (χ2n) is 7.71. The van der Waals surface area contributed by atoms with Gasteiger partial charge in [-0.3, -0.25) is 9.69 Å². The van der Waals surface area contributed by atoms with E-state index in [-0.39, 0.29) is 5.91 Å². The number of carbonyl (C=O) groups is 1. The number of benzene rings is 2. The fourth-order valence-corrected chi connectivity index (χ4v) is 4.50. The van der Waals surface area contributed by atoms with Crippen LogP contribution in [0.2, 0.25) is 0 Å². The van der Waals surface area contributed by atoms with Crippen molar-refractivity contribution in [2.24, 2.45) is 0 Å². The highest BCUT2D eigenvalue weighted by molar-refractivity contribution is 5.88. The lowest BCUT2D eigenvalue weighted by atomic mass is 9.91. The number of piperazine rings is 1. The summed E-state index contributed by atoms with van der Waals surface area (Å²) in [6.45, 7) is 4.22. The van der Waals surface area contributed by atoms with Crippen LogP contribution < -0.4 is 10.6 Å². The van der Waals surface area contributed by atoms with E-state index >= 15 is 0 Å². The Balaban J connectivity index is 1.47. The number of nitrogens with one attached hydrogen (secondary N) is 2. The summed E-state index contributed by atoms with van der Waals surface area (Å²) in [7, 11) is 0. The largest absolute Gasteiger partial charge is 0.354 e. The molecule has 2 aromatic rings. The first-order valence-electron chi connectivity index (χ1n) is 10.0. The molecule has 5 heteroatoms. The van der Waals surface area contributed by atoms with Crippen LogP contribution in [0, 0.1) is 11.3 Å². The van der Waals surface area contributed by atoms with Crippen molar-refractivity contribution in [1.82, 2.24) is 15.5 Å². The molecule has 1 heterocycles. The highest BCUT2D eigenvalue weighted by Gasteiger charge is 2.48. The summed E-state index contributed by atoms with van der Waals surface area (Å²) in [5, 5.41) is 15.6. The molecule has 0 radical (unpaired) electrons. The first-order valence-corrected chi connectivity index (χ1v) is 10.0. The van der Waals surface area contributed by atoms with Gasteiger partial charge in [0.25, 0.3) is 0 Å². The smallest absolute Gasteiger partial charge is 0.241 e. The molecule has 2 aromatic carbocycles. The van der Waals surface area contributed by atoms with Gasteiger partial charge in [0.1, 0.15) is 5.54 Å². The van der Waals surface area contributed by atoms with Crippen LogP contribution in [-0.4, -0.2) is 49.1 Å². The third kappa shape index (κ3) is 3.66. The van der Waals surface area contributed by atoms with Gasteiger partial charge in [-0.2, -0.15) is 5.26 Å². The minimum Gasteiger partial charge on any atom is -0.354 e. The maximum Gasteiger partial charge on any atom is 0.241 e. The number of hydrogen-bond donors (Lipinski definition) is 2. The predicted molar refractivity (Wildman–Crippen MR) is 109 cm³/mol. The fraction of sp³-hybridized carbons (Fsp3) is 0.391. The SMILES string of the molecule is N#Cc1cccc(CCNC(=O)C2(N3CCNCC3)Cc3ccccc3C2)c1. The Morgan fingerprint density at radius 2 is 1.82 bits per heavy atom. The number of nitriles is 1. The quantitative estimate of drug-likeness (QED) is 0.835. The van der Waals surface area contributed by atoms with Crippen LogP contribution >= 0.6 is 0 Å². The van der Waals surface area contributed by atoms with E-state index < -0.39 is 5.54 Å². The van der Waals surface area contributed by atoms with Gasteiger partial charge in [0.05, 0.1) is 11.6 Å². The lowest BCUT2D eigenvalue weighted by Gasteiger charge is -2.42. The Labute approximate surface area is 166 Å². The molecule has 1 aliphatic carbocycles. The molecule has 2 aliphatic rings. The van der Waals surface area contributed by atoms with Crippen molar-refractivity contribution in [3.8, 4) is 6.07 Å². The molecule has 0 unspecified atom stereocenters. The molecule has 1 saturated heterocycles. The van der Waals surface area contributed by atoms with Crippen molar-refractivity contribution in [1.29, 1.82) is 5.26 Å². The zero-order chi connectivity index (χ0) is 19.4. The van der Waals surface area contributed by atoms with Crippen LogP contribution in [0.25, 0.3) is 0 Å². The molecular formula is C23H26N4O. The zero-order valence-electron chi connectivity index (χ0n) is 16.1. The zero-order valence-corrected chi connectivity index (χ0v) is 16.1. The Bertz CT molecular complexity index is 870. The van der Waals surface area contributed by atoms with Crippen LogP contribution in [0.1, 0.15) is 22.3 Å². The van der Waals surface area contributed by atoms with Crippen molar-refractivity contribution in [2.45, 2.75) is 24.8 Å². The van der Waals surface area contributed by atoms with E-state index in [1.54, 1.807) is 6.07 Å². The van der Waals surface area contributed by atoms with E-state index in [1.165, 1.54) is 11.1 Å². The van der Waals surface area contributed by atoms with Gasteiger partial charge < -0.3 is 10.6 Å². The molecule has 1 amide bonds. The number of hydrogen-bond acceptors (Lipinski definition) is 4. The molecule has 0 spiro atoms. The van der Waals surface area contributed by atoms with Crippen molar-refractivity contribution in [2.75, 3.05) is 32.7 Å². The number of carbonyl (C=O) groups excluding carboxylic acids is 1. The van der Waals surface area contributed by atoms with Crippen LogP contribution in [0.3, 0.4) is 0 Å². The standard InChI is InChI=1S/C23H26N4O/c24-17-19-5-3-4-18(14-19)8-9-26-22(28)23(27-12-10-25-11-13-27)15-20-6-1-2-7-21(20)16-23/h1-7,14,25H,8-13,15-16H2,(H,26,28). The fourth-order valence-electron chi connectivity index (χ4n) is 4.50. The average Bonchev–Trinajstić information content (AvgIpc) is 3.15. The number of fused-ring (bicyclic) bond motifs is 1. The predicted octanol–water partition coefficient (Wildman–Crippen LogP) is 1.66. The Hall–Kier alpha value is -2.68. The third-order valence-corrected chi connectivity index (χ3v) is 5.98. The first-order chi connectivity index (χ1) is 13.7. The molecule has 5 nitrogen and oxygen atoms in total. The molecule has 0 saturated carbocycles. The highest BCUT2D eigenvalue weighted by atomic mass is 16.2. The minimum atomic E-state index is -0.486. The lowest BCUT2D eigenvalue weighted by molar-refractivity contribution is -0.133. The third-order valence-electron chi connectivity index (χ3n) is 5.98. The van der Waals surface area contributed by atoms with Gasteiger partial charge in [0.15, 0.2) is 0 Å². The molecule has 28 heavy (non-hydrogen) atoms. The maximum absolute atomic E-state index is 13.4. The van der Waals surface area contributed by atoms with Gasteiger partial charge in [-0.1, -0.05) is 36.4 Å². The average molecular weight is 374 g/mol. The van der Waals surface area contributed by atoms with Gasteiger partial charge in [0.2, 0.25) is 5.91 Å². The second kappa shape index (κ2) is 8.14. The molecule has 0 atom stereocenters. The van der Waals surface area contributed by atoms with Crippen molar-refractivity contribution >= 4 is 5.91 Å². The van der Waals surface area contributed by atoms with Gasteiger partial charge in [-0.25, -0.2) is 0 Å². The van der Waals surface area contributed by atoms with E-state index in [0.717, 1.165) is 51.0 Å². The molecule has 144 valence electrons. The molecule has 0 aromatic heterocycles. The van der Waals surface area contributed by atoms with E-state index in [0.29, 0.717) is 12.1 Å². The van der Waals surface area contributed by atoms with Gasteiger partial charge >= 0.3 is 0 Å². The number of amides is 1. The highest BCUT2D eigenvalue weighted by Crippen LogP contribution is 2.35. The molecule has 2 N–H and O–H groups in total. The monoisotopic (exact) mass is 374 g/mol. The van der Waals surface area contributed by atoms with Crippen LogP contribution in [0.5, 0.6) is 0 Å². The van der Waals surface area contributed by atoms with Gasteiger partial charge in [-0.05, 0) is 35.2 Å². The minimum absolute atomic E-state index is 0.127. The summed E-state index contributed by atoms with van der Waals surface area (Å²) >= 11 is 0. The Kier molecular flexibility index (Phi) is 5.43. The summed E-state index contributed by atoms with van der Waals surface area (Å²) in [6, 6.07) is 18.2. The number of nitrogens with zero attached hydrogens (tertiary/aromatic N) is 2. The van der Waals surface area contributed by atoms with E-state index in [1.807, 2.05) is 18.2 Å². The van der Waals surface area contributed by atoms with Gasteiger partial charge in [0, 0.05) is 45.6 Å². The topological polar surface area (TPSA) is 68.2 Å². The molecule has 1 aliphatic heterocycles. The van der Waals surface area contributed by atoms with Crippen molar-refractivity contribution in [3.05, 3.63) is 70.8 Å². The lowest BCUT2D eigenvalue weighted by Crippen LogP contribution is -2.64. The Morgan fingerprint density at radius 1 is 1.11 bits per heavy atom. The van der Waals surface area contributed by atoms with Crippen LogP contribution in [0.4, 0.5) is 0 Å². The normalized spacial score (nSPS) is 18.2. The Morgan fingerprint density at radius 3 is 2.50 bits per heavy atom. The molecular weight excluding hydrogens is 348 g/mol. The second-order valence-corrected chi connectivity index (χ2v) is 7.71. The number of rotatable bonds is 5.